The van der Waals surface area contributed by atoms with Crippen molar-refractivity contribution in [3.63, 3.8) is 0 Å². The zero-order valence-electron chi connectivity index (χ0n) is 14.8. The highest BCUT2D eigenvalue weighted by atomic mass is 79.9. The number of alkyl halides is 1. The number of pyridine rings is 1. The van der Waals surface area contributed by atoms with Crippen LogP contribution >= 0.6 is 15.9 Å². The summed E-state index contributed by atoms with van der Waals surface area (Å²) in [4.78, 5) is 12.7. The molecule has 7 nitrogen and oxygen atoms in total. The molecule has 3 heterocycles. The molecule has 26 heavy (non-hydrogen) atoms. The van der Waals surface area contributed by atoms with Gasteiger partial charge in [0.2, 0.25) is 0 Å². The summed E-state index contributed by atoms with van der Waals surface area (Å²) in [6.07, 6.45) is 1.53. The topological polar surface area (TPSA) is 85.5 Å². The van der Waals surface area contributed by atoms with Crippen LogP contribution < -0.4 is 11.1 Å². The van der Waals surface area contributed by atoms with E-state index in [9.17, 15) is 0 Å². The molecule has 3 N–H and O–H groups in total. The summed E-state index contributed by atoms with van der Waals surface area (Å²) in [5.41, 5.74) is 11.1. The van der Waals surface area contributed by atoms with Crippen LogP contribution in [0.4, 0.5) is 17.3 Å². The monoisotopic (exact) mass is 413 g/mol. The maximum atomic E-state index is 7.46. The normalized spacial score (nSPS) is 10.8. The van der Waals surface area contributed by atoms with E-state index in [4.69, 9.17) is 12.3 Å². The summed E-state index contributed by atoms with van der Waals surface area (Å²) in [6, 6.07) is 5.96. The van der Waals surface area contributed by atoms with Crippen LogP contribution in [0.2, 0.25) is 0 Å². The SMILES string of the molecule is [C-]#[N+]c1c(NCCc2cccc(CBr)n2)nc2c(CC)c(C)nn2c1N. The van der Waals surface area contributed by atoms with Crippen LogP contribution in [-0.2, 0) is 18.2 Å². The molecule has 134 valence electrons. The minimum absolute atomic E-state index is 0.296. The molecule has 0 amide bonds. The van der Waals surface area contributed by atoms with E-state index in [0.29, 0.717) is 29.5 Å². The van der Waals surface area contributed by atoms with E-state index in [1.165, 1.54) is 0 Å². The lowest BCUT2D eigenvalue weighted by Gasteiger charge is -2.11. The maximum Gasteiger partial charge on any atom is 0.268 e. The summed E-state index contributed by atoms with van der Waals surface area (Å²) in [5.74, 6) is 0.811. The van der Waals surface area contributed by atoms with Crippen LogP contribution in [0.15, 0.2) is 18.2 Å². The molecule has 0 aliphatic rings. The highest BCUT2D eigenvalue weighted by Crippen LogP contribution is 2.32. The molecule has 0 aliphatic heterocycles. The molecule has 0 spiro atoms. The number of anilines is 2. The van der Waals surface area contributed by atoms with E-state index in [0.717, 1.165) is 40.8 Å². The molecule has 0 radical (unpaired) electrons. The third-order valence-corrected chi connectivity index (χ3v) is 4.78. The quantitative estimate of drug-likeness (QED) is 0.475. The number of nitrogens with two attached hydrogens (primary N) is 1. The first-order chi connectivity index (χ1) is 12.6. The van der Waals surface area contributed by atoms with Gasteiger partial charge < -0.3 is 11.1 Å². The predicted octanol–water partition coefficient (Wildman–Crippen LogP) is 3.68. The lowest BCUT2D eigenvalue weighted by Crippen LogP contribution is -2.10. The molecule has 0 saturated carbocycles. The standard InChI is InChI=1S/C18H20BrN7/c1-4-14-11(2)25-26-16(20)15(21-3)17(24-18(14)26)22-9-8-12-6-5-7-13(10-19)23-12/h5-7H,4,8-10,20H2,1-2H3,(H,22,24). The summed E-state index contributed by atoms with van der Waals surface area (Å²) in [7, 11) is 0. The molecule has 0 saturated heterocycles. The number of nitrogen functional groups attached to an aromatic ring is 1. The lowest BCUT2D eigenvalue weighted by molar-refractivity contribution is 0.918. The van der Waals surface area contributed by atoms with Crippen molar-refractivity contribution in [2.45, 2.75) is 32.0 Å². The van der Waals surface area contributed by atoms with Crippen molar-refractivity contribution >= 4 is 38.9 Å². The van der Waals surface area contributed by atoms with Crippen LogP contribution in [0.3, 0.4) is 0 Å². The number of rotatable bonds is 6. The van der Waals surface area contributed by atoms with Gasteiger partial charge in [0.15, 0.2) is 5.65 Å². The maximum absolute atomic E-state index is 7.46. The Kier molecular flexibility index (Phi) is 5.38. The van der Waals surface area contributed by atoms with Gasteiger partial charge in [0, 0.05) is 29.6 Å². The zero-order chi connectivity index (χ0) is 18.7. The van der Waals surface area contributed by atoms with Gasteiger partial charge in [0.25, 0.3) is 5.69 Å². The number of hydrogen-bond acceptors (Lipinski definition) is 5. The van der Waals surface area contributed by atoms with Gasteiger partial charge in [-0.1, -0.05) is 28.9 Å². The molecule has 0 bridgehead atoms. The van der Waals surface area contributed by atoms with Crippen LogP contribution in [0.25, 0.3) is 10.5 Å². The Balaban J connectivity index is 1.88. The first kappa shape index (κ1) is 18.1. The average molecular weight is 414 g/mol. The molecular formula is C18H20BrN7. The molecule has 0 fully saturated rings. The molecule has 0 unspecified atom stereocenters. The zero-order valence-corrected chi connectivity index (χ0v) is 16.3. The summed E-state index contributed by atoms with van der Waals surface area (Å²) < 4.78 is 1.56. The van der Waals surface area contributed by atoms with Gasteiger partial charge >= 0.3 is 0 Å². The van der Waals surface area contributed by atoms with Crippen molar-refractivity contribution in [3.8, 4) is 0 Å². The van der Waals surface area contributed by atoms with Crippen molar-refractivity contribution < 1.29 is 0 Å². The number of nitrogens with zero attached hydrogens (tertiary/aromatic N) is 5. The van der Waals surface area contributed by atoms with Gasteiger partial charge in [0.1, 0.15) is 11.6 Å². The Morgan fingerprint density at radius 3 is 2.77 bits per heavy atom. The van der Waals surface area contributed by atoms with Gasteiger partial charge in [0.05, 0.1) is 18.0 Å². The highest BCUT2D eigenvalue weighted by Gasteiger charge is 2.18. The molecule has 0 atom stereocenters. The van der Waals surface area contributed by atoms with Crippen molar-refractivity contribution in [3.05, 3.63) is 52.3 Å². The molecule has 8 heteroatoms. The van der Waals surface area contributed by atoms with Gasteiger partial charge in [-0.2, -0.15) is 5.10 Å². The van der Waals surface area contributed by atoms with Crippen molar-refractivity contribution in [2.75, 3.05) is 17.6 Å². The second-order valence-electron chi connectivity index (χ2n) is 5.89. The average Bonchev–Trinajstić information content (AvgIpc) is 2.97. The Bertz CT molecular complexity index is 987. The first-order valence-electron chi connectivity index (χ1n) is 8.38. The number of nitrogens with one attached hydrogen (secondary N) is 1. The predicted molar refractivity (Wildman–Crippen MR) is 107 cm³/mol. The number of fused-ring (bicyclic) bond motifs is 1. The fraction of sp³-hybridized carbons (Fsp3) is 0.333. The summed E-state index contributed by atoms with van der Waals surface area (Å²) in [6.45, 7) is 12.1. The smallest absolute Gasteiger partial charge is 0.268 e. The van der Waals surface area contributed by atoms with E-state index in [-0.39, 0.29) is 0 Å². The highest BCUT2D eigenvalue weighted by molar-refractivity contribution is 9.08. The van der Waals surface area contributed by atoms with E-state index in [2.05, 4.69) is 48.1 Å². The largest absolute Gasteiger partial charge is 0.392 e. The fourth-order valence-electron chi connectivity index (χ4n) is 2.91. The first-order valence-corrected chi connectivity index (χ1v) is 9.51. The van der Waals surface area contributed by atoms with E-state index in [1.807, 2.05) is 25.1 Å². The fourth-order valence-corrected chi connectivity index (χ4v) is 3.22. The number of hydrogen-bond donors (Lipinski definition) is 2. The van der Waals surface area contributed by atoms with Gasteiger partial charge in [-0.25, -0.2) is 14.3 Å². The number of aromatic nitrogens is 4. The summed E-state index contributed by atoms with van der Waals surface area (Å²) in [5, 5.41) is 8.40. The van der Waals surface area contributed by atoms with Crippen LogP contribution in [0.1, 0.15) is 29.6 Å². The van der Waals surface area contributed by atoms with Crippen molar-refractivity contribution in [1.29, 1.82) is 0 Å². The third kappa shape index (κ3) is 3.35. The van der Waals surface area contributed by atoms with Crippen LogP contribution in [0.5, 0.6) is 0 Å². The minimum Gasteiger partial charge on any atom is -0.392 e. The molecule has 0 aliphatic carbocycles. The molecular weight excluding hydrogens is 394 g/mol. The molecule has 0 aromatic carbocycles. The molecule has 3 aromatic heterocycles. The lowest BCUT2D eigenvalue weighted by atomic mass is 10.2. The van der Waals surface area contributed by atoms with E-state index < -0.39 is 0 Å². The van der Waals surface area contributed by atoms with Crippen molar-refractivity contribution in [2.24, 2.45) is 0 Å². The van der Waals surface area contributed by atoms with Gasteiger partial charge in [-0.15, -0.1) is 0 Å². The minimum atomic E-state index is 0.296. The van der Waals surface area contributed by atoms with Gasteiger partial charge in [-0.3, -0.25) is 4.98 Å². The van der Waals surface area contributed by atoms with Crippen LogP contribution in [-0.4, -0.2) is 26.1 Å². The van der Waals surface area contributed by atoms with Gasteiger partial charge in [-0.05, 0) is 25.5 Å². The number of aryl methyl sites for hydroxylation is 2. The molecule has 3 rings (SSSR count). The third-order valence-electron chi connectivity index (χ3n) is 4.21. The second-order valence-corrected chi connectivity index (χ2v) is 6.45. The summed E-state index contributed by atoms with van der Waals surface area (Å²) >= 11 is 3.42. The van der Waals surface area contributed by atoms with E-state index >= 15 is 0 Å². The van der Waals surface area contributed by atoms with Crippen molar-refractivity contribution in [1.82, 2.24) is 19.6 Å². The van der Waals surface area contributed by atoms with Crippen LogP contribution in [0, 0.1) is 13.5 Å². The Hall–Kier alpha value is -2.66. The van der Waals surface area contributed by atoms with E-state index in [1.54, 1.807) is 4.52 Å². The molecule has 3 aromatic rings. The Morgan fingerprint density at radius 2 is 2.08 bits per heavy atom. The number of halogens is 1. The second kappa shape index (κ2) is 7.70. The Morgan fingerprint density at radius 1 is 1.31 bits per heavy atom. The Labute approximate surface area is 160 Å².